The lowest BCUT2D eigenvalue weighted by atomic mass is 10.1. The van der Waals surface area contributed by atoms with Crippen LogP contribution in [0, 0.1) is 0 Å². The summed E-state index contributed by atoms with van der Waals surface area (Å²) in [5, 5.41) is 4.96. The van der Waals surface area contributed by atoms with Crippen molar-refractivity contribution in [3.8, 4) is 17.1 Å². The van der Waals surface area contributed by atoms with E-state index >= 15 is 0 Å². The molecule has 3 aromatic carbocycles. The quantitative estimate of drug-likeness (QED) is 0.239. The van der Waals surface area contributed by atoms with Gasteiger partial charge in [-0.05, 0) is 66.7 Å². The van der Waals surface area contributed by atoms with Crippen LogP contribution in [0.2, 0.25) is 0 Å². The number of amides is 1. The van der Waals surface area contributed by atoms with Crippen LogP contribution in [-0.4, -0.2) is 22.0 Å². The summed E-state index contributed by atoms with van der Waals surface area (Å²) in [6.45, 7) is 2.52. The topological polar surface area (TPSA) is 55.6 Å². The van der Waals surface area contributed by atoms with Crippen LogP contribution in [0.4, 0.5) is 10.5 Å². The predicted molar refractivity (Wildman–Crippen MR) is 133 cm³/mol. The van der Waals surface area contributed by atoms with Gasteiger partial charge in [0, 0.05) is 5.56 Å². The Morgan fingerprint density at radius 2 is 1.88 bits per heavy atom. The standard InChI is InChI=1S/C25H18N2O3S2/c1-2-29-19-11-9-18(10-12-19)27-24(31)22(32-25(27)28)15-16-8-13-21-20(14-16)23(30-26-21)17-6-4-3-5-7-17/h3-15H,2H2,1H3. The summed E-state index contributed by atoms with van der Waals surface area (Å²) in [6.07, 6.45) is 1.93. The summed E-state index contributed by atoms with van der Waals surface area (Å²) in [4.78, 5) is 15.5. The van der Waals surface area contributed by atoms with Gasteiger partial charge in [0.05, 0.1) is 22.6 Å². The van der Waals surface area contributed by atoms with Gasteiger partial charge in [0.2, 0.25) is 0 Å². The lowest BCUT2D eigenvalue weighted by Crippen LogP contribution is -2.26. The smallest absolute Gasteiger partial charge is 0.296 e. The Balaban J connectivity index is 1.46. The second-order valence-electron chi connectivity index (χ2n) is 7.10. The summed E-state index contributed by atoms with van der Waals surface area (Å²) < 4.78 is 11.1. The number of carbonyl (C=O) groups is 1. The summed E-state index contributed by atoms with van der Waals surface area (Å²) in [5.74, 6) is 1.48. The molecule has 0 unspecified atom stereocenters. The van der Waals surface area contributed by atoms with Crippen molar-refractivity contribution in [2.45, 2.75) is 6.92 Å². The molecule has 1 aliphatic heterocycles. The SMILES string of the molecule is CCOc1ccc(N2C(=O)SC(=Cc3ccc4noc(-c5ccccc5)c4c3)C2=S)cc1. The van der Waals surface area contributed by atoms with Gasteiger partial charge >= 0.3 is 0 Å². The van der Waals surface area contributed by atoms with E-state index in [4.69, 9.17) is 21.5 Å². The zero-order chi connectivity index (χ0) is 22.1. The summed E-state index contributed by atoms with van der Waals surface area (Å²) in [5.41, 5.74) is 3.38. The molecule has 5 rings (SSSR count). The van der Waals surface area contributed by atoms with Crippen molar-refractivity contribution in [2.24, 2.45) is 0 Å². The normalized spacial score (nSPS) is 15.2. The van der Waals surface area contributed by atoms with Crippen LogP contribution in [0.3, 0.4) is 0 Å². The van der Waals surface area contributed by atoms with E-state index in [2.05, 4.69) is 5.16 Å². The molecule has 7 heteroatoms. The Labute approximate surface area is 194 Å². The average molecular weight is 459 g/mol. The van der Waals surface area contributed by atoms with Crippen molar-refractivity contribution in [2.75, 3.05) is 11.5 Å². The Morgan fingerprint density at radius 3 is 2.62 bits per heavy atom. The molecule has 0 spiro atoms. The third-order valence-corrected chi connectivity index (χ3v) is 6.45. The Bertz CT molecular complexity index is 1340. The van der Waals surface area contributed by atoms with Crippen LogP contribution in [0.15, 0.2) is 82.2 Å². The van der Waals surface area contributed by atoms with Gasteiger partial charge in [0.1, 0.15) is 16.3 Å². The lowest BCUT2D eigenvalue weighted by molar-refractivity contribution is 0.268. The lowest BCUT2D eigenvalue weighted by Gasteiger charge is -2.15. The summed E-state index contributed by atoms with van der Waals surface area (Å²) in [7, 11) is 0. The van der Waals surface area contributed by atoms with E-state index in [1.165, 1.54) is 0 Å². The molecule has 1 aromatic heterocycles. The molecule has 0 N–H and O–H groups in total. The molecule has 158 valence electrons. The number of carbonyl (C=O) groups excluding carboxylic acids is 1. The first kappa shape index (κ1) is 20.5. The number of ether oxygens (including phenoxy) is 1. The first-order valence-corrected chi connectivity index (χ1v) is 11.3. The Morgan fingerprint density at radius 1 is 1.09 bits per heavy atom. The van der Waals surface area contributed by atoms with E-state index in [0.717, 1.165) is 55.9 Å². The van der Waals surface area contributed by atoms with Gasteiger partial charge in [-0.3, -0.25) is 9.69 Å². The van der Waals surface area contributed by atoms with Crippen LogP contribution in [-0.2, 0) is 0 Å². The number of anilines is 1. The summed E-state index contributed by atoms with van der Waals surface area (Å²) in [6, 6.07) is 23.1. The van der Waals surface area contributed by atoms with Gasteiger partial charge in [-0.1, -0.05) is 53.8 Å². The van der Waals surface area contributed by atoms with Gasteiger partial charge in [0.25, 0.3) is 5.24 Å². The molecule has 1 fully saturated rings. The molecule has 32 heavy (non-hydrogen) atoms. The molecule has 1 amide bonds. The van der Waals surface area contributed by atoms with Crippen LogP contribution < -0.4 is 9.64 Å². The number of benzene rings is 3. The van der Waals surface area contributed by atoms with Crippen molar-refractivity contribution in [1.29, 1.82) is 0 Å². The maximum atomic E-state index is 12.7. The highest BCUT2D eigenvalue weighted by molar-refractivity contribution is 8.20. The predicted octanol–water partition coefficient (Wildman–Crippen LogP) is 6.94. The molecule has 0 saturated carbocycles. The fraction of sp³-hybridized carbons (Fsp3) is 0.0800. The number of rotatable bonds is 5. The van der Waals surface area contributed by atoms with Crippen molar-refractivity contribution in [3.05, 3.63) is 83.3 Å². The van der Waals surface area contributed by atoms with Crippen molar-refractivity contribution >= 4 is 56.9 Å². The molecule has 1 aliphatic rings. The van der Waals surface area contributed by atoms with Crippen molar-refractivity contribution < 1.29 is 14.1 Å². The minimum atomic E-state index is -0.124. The molecule has 1 saturated heterocycles. The molecular formula is C25H18N2O3S2. The molecular weight excluding hydrogens is 440 g/mol. The Hall–Kier alpha value is -3.42. The molecule has 2 heterocycles. The van der Waals surface area contributed by atoms with Gasteiger partial charge in [0.15, 0.2) is 5.76 Å². The average Bonchev–Trinajstić information content (AvgIpc) is 3.35. The van der Waals surface area contributed by atoms with E-state index in [-0.39, 0.29) is 5.24 Å². The number of nitrogens with zero attached hydrogens (tertiary/aromatic N) is 2. The first-order chi connectivity index (χ1) is 15.6. The number of hydrogen-bond acceptors (Lipinski definition) is 6. The monoisotopic (exact) mass is 458 g/mol. The molecule has 5 nitrogen and oxygen atoms in total. The largest absolute Gasteiger partial charge is 0.494 e. The molecule has 0 radical (unpaired) electrons. The number of fused-ring (bicyclic) bond motifs is 1. The van der Waals surface area contributed by atoms with E-state index in [0.29, 0.717) is 11.6 Å². The van der Waals surface area contributed by atoms with Crippen LogP contribution >= 0.6 is 24.0 Å². The van der Waals surface area contributed by atoms with Crippen LogP contribution in [0.25, 0.3) is 28.3 Å². The zero-order valence-corrected chi connectivity index (χ0v) is 18.8. The van der Waals surface area contributed by atoms with E-state index in [9.17, 15) is 4.79 Å². The van der Waals surface area contributed by atoms with Crippen LogP contribution in [0.1, 0.15) is 12.5 Å². The second kappa shape index (κ2) is 8.61. The number of thioether (sulfide) groups is 1. The Kier molecular flexibility index (Phi) is 5.51. The fourth-order valence-electron chi connectivity index (χ4n) is 3.55. The van der Waals surface area contributed by atoms with E-state index in [1.54, 1.807) is 4.90 Å². The minimum absolute atomic E-state index is 0.124. The number of hydrogen-bond donors (Lipinski definition) is 0. The molecule has 0 aliphatic carbocycles. The minimum Gasteiger partial charge on any atom is -0.494 e. The van der Waals surface area contributed by atoms with Gasteiger partial charge in [-0.25, -0.2) is 0 Å². The van der Waals surface area contributed by atoms with Gasteiger partial charge in [-0.2, -0.15) is 0 Å². The van der Waals surface area contributed by atoms with Gasteiger partial charge in [-0.15, -0.1) is 0 Å². The molecule has 4 aromatic rings. The highest BCUT2D eigenvalue weighted by Gasteiger charge is 2.33. The highest BCUT2D eigenvalue weighted by Crippen LogP contribution is 2.38. The third-order valence-electron chi connectivity index (χ3n) is 5.03. The number of aromatic nitrogens is 1. The zero-order valence-electron chi connectivity index (χ0n) is 17.1. The molecule has 0 atom stereocenters. The first-order valence-electron chi connectivity index (χ1n) is 10.1. The van der Waals surface area contributed by atoms with Crippen LogP contribution in [0.5, 0.6) is 5.75 Å². The highest BCUT2D eigenvalue weighted by atomic mass is 32.2. The van der Waals surface area contributed by atoms with E-state index < -0.39 is 0 Å². The fourth-order valence-corrected chi connectivity index (χ4v) is 4.83. The number of thiocarbonyl (C=S) groups is 1. The maximum absolute atomic E-state index is 12.7. The van der Waals surface area contributed by atoms with Crippen molar-refractivity contribution in [3.63, 3.8) is 0 Å². The van der Waals surface area contributed by atoms with E-state index in [1.807, 2.05) is 85.8 Å². The molecule has 0 bridgehead atoms. The second-order valence-corrected chi connectivity index (χ2v) is 8.48. The van der Waals surface area contributed by atoms with Gasteiger partial charge < -0.3 is 9.26 Å². The third kappa shape index (κ3) is 3.81. The van der Waals surface area contributed by atoms with Crippen molar-refractivity contribution in [1.82, 2.24) is 5.16 Å². The summed E-state index contributed by atoms with van der Waals surface area (Å²) >= 11 is 6.77. The maximum Gasteiger partial charge on any atom is 0.296 e.